The highest BCUT2D eigenvalue weighted by molar-refractivity contribution is 5.87. The zero-order valence-corrected chi connectivity index (χ0v) is 16.9. The average Bonchev–Trinajstić information content (AvgIpc) is 2.78. The standard InChI is InChI=1S/C25H16O8/c26-12-9-10-13(16(27)11-12)19(20-22(28)14-5-1-3-7-17(14)32-24(20)30)21-23(29)15-6-2-4-8-18(15)33-25(21)31/h1-11,19,26-29H. The first kappa shape index (κ1) is 20.2. The zero-order valence-electron chi connectivity index (χ0n) is 16.9. The summed E-state index contributed by atoms with van der Waals surface area (Å²) in [6.07, 6.45) is 0. The van der Waals surface area contributed by atoms with E-state index in [0.29, 0.717) is 0 Å². The quantitative estimate of drug-likeness (QED) is 0.307. The SMILES string of the molecule is O=c1oc2ccccc2c(O)c1C(c1ccc(O)cc1O)c1c(O)c2ccccc2oc1=O. The Bertz CT molecular complexity index is 1560. The fourth-order valence-electron chi connectivity index (χ4n) is 4.04. The second-order valence-corrected chi connectivity index (χ2v) is 7.47. The van der Waals surface area contributed by atoms with E-state index in [9.17, 15) is 30.0 Å². The third-order valence-electron chi connectivity index (χ3n) is 5.54. The van der Waals surface area contributed by atoms with Crippen molar-refractivity contribution in [2.45, 2.75) is 5.92 Å². The summed E-state index contributed by atoms with van der Waals surface area (Å²) in [6.45, 7) is 0. The lowest BCUT2D eigenvalue weighted by Crippen LogP contribution is -2.21. The Morgan fingerprint density at radius 2 is 1.12 bits per heavy atom. The number of hydrogen-bond acceptors (Lipinski definition) is 8. The second kappa shape index (κ2) is 7.45. The van der Waals surface area contributed by atoms with Crippen molar-refractivity contribution >= 4 is 21.9 Å². The molecule has 0 atom stereocenters. The van der Waals surface area contributed by atoms with E-state index in [1.165, 1.54) is 36.4 Å². The molecule has 33 heavy (non-hydrogen) atoms. The predicted molar refractivity (Wildman–Crippen MR) is 119 cm³/mol. The van der Waals surface area contributed by atoms with Crippen molar-refractivity contribution in [3.8, 4) is 23.0 Å². The Hall–Kier alpha value is -4.72. The molecule has 0 amide bonds. The molecule has 0 aliphatic heterocycles. The number of phenols is 2. The van der Waals surface area contributed by atoms with Gasteiger partial charge in [-0.3, -0.25) is 0 Å². The maximum absolute atomic E-state index is 13.0. The van der Waals surface area contributed by atoms with Crippen LogP contribution in [-0.4, -0.2) is 20.4 Å². The number of fused-ring (bicyclic) bond motifs is 2. The van der Waals surface area contributed by atoms with Gasteiger partial charge in [-0.15, -0.1) is 0 Å². The molecular formula is C25H16O8. The van der Waals surface area contributed by atoms with Crippen molar-refractivity contribution in [3.63, 3.8) is 0 Å². The van der Waals surface area contributed by atoms with Crippen LogP contribution in [-0.2, 0) is 0 Å². The summed E-state index contributed by atoms with van der Waals surface area (Å²) in [4.78, 5) is 26.1. The summed E-state index contributed by atoms with van der Waals surface area (Å²) in [5, 5.41) is 42.8. The van der Waals surface area contributed by atoms with Crippen molar-refractivity contribution < 1.29 is 29.3 Å². The van der Waals surface area contributed by atoms with Crippen molar-refractivity contribution in [2.75, 3.05) is 0 Å². The topological polar surface area (TPSA) is 141 Å². The Morgan fingerprint density at radius 1 is 0.636 bits per heavy atom. The molecule has 164 valence electrons. The summed E-state index contributed by atoms with van der Waals surface area (Å²) < 4.78 is 10.7. The van der Waals surface area contributed by atoms with E-state index < -0.39 is 34.4 Å². The van der Waals surface area contributed by atoms with Gasteiger partial charge in [0.15, 0.2) is 0 Å². The van der Waals surface area contributed by atoms with Crippen LogP contribution >= 0.6 is 0 Å². The fourth-order valence-corrected chi connectivity index (χ4v) is 4.04. The van der Waals surface area contributed by atoms with Crippen molar-refractivity contribution in [1.29, 1.82) is 0 Å². The maximum atomic E-state index is 13.0. The minimum Gasteiger partial charge on any atom is -0.508 e. The molecule has 0 aliphatic carbocycles. The van der Waals surface area contributed by atoms with Crippen molar-refractivity contribution in [1.82, 2.24) is 0 Å². The van der Waals surface area contributed by atoms with E-state index in [1.54, 1.807) is 24.3 Å². The van der Waals surface area contributed by atoms with Gasteiger partial charge in [-0.1, -0.05) is 30.3 Å². The summed E-state index contributed by atoms with van der Waals surface area (Å²) in [7, 11) is 0. The molecule has 0 radical (unpaired) electrons. The van der Waals surface area contributed by atoms with Crippen LogP contribution in [0.2, 0.25) is 0 Å². The number of benzene rings is 3. The smallest absolute Gasteiger partial charge is 0.344 e. The van der Waals surface area contributed by atoms with Gasteiger partial charge >= 0.3 is 11.3 Å². The predicted octanol–water partition coefficient (Wildman–Crippen LogP) is 3.90. The van der Waals surface area contributed by atoms with Crippen LogP contribution < -0.4 is 11.3 Å². The highest BCUT2D eigenvalue weighted by Gasteiger charge is 2.34. The van der Waals surface area contributed by atoms with Gasteiger partial charge in [-0.25, -0.2) is 9.59 Å². The lowest BCUT2D eigenvalue weighted by Gasteiger charge is -2.20. The molecule has 0 saturated carbocycles. The van der Waals surface area contributed by atoms with Gasteiger partial charge in [0.2, 0.25) is 0 Å². The molecule has 2 heterocycles. The molecule has 5 rings (SSSR count). The first-order valence-electron chi connectivity index (χ1n) is 9.88. The summed E-state index contributed by atoms with van der Waals surface area (Å²) in [6, 6.07) is 16.1. The number of phenolic OH excluding ortho intramolecular Hbond substituents is 2. The molecular weight excluding hydrogens is 428 g/mol. The van der Waals surface area contributed by atoms with E-state index in [-0.39, 0.29) is 44.4 Å². The summed E-state index contributed by atoms with van der Waals surface area (Å²) >= 11 is 0. The summed E-state index contributed by atoms with van der Waals surface area (Å²) in [5.74, 6) is -3.18. The highest BCUT2D eigenvalue weighted by atomic mass is 16.4. The van der Waals surface area contributed by atoms with Crippen molar-refractivity contribution in [2.24, 2.45) is 0 Å². The molecule has 3 aromatic carbocycles. The molecule has 8 nitrogen and oxygen atoms in total. The molecule has 0 bridgehead atoms. The highest BCUT2D eigenvalue weighted by Crippen LogP contribution is 2.44. The van der Waals surface area contributed by atoms with E-state index in [2.05, 4.69) is 0 Å². The molecule has 0 fully saturated rings. The Morgan fingerprint density at radius 3 is 1.61 bits per heavy atom. The Balaban J connectivity index is 1.94. The molecule has 8 heteroatoms. The summed E-state index contributed by atoms with van der Waals surface area (Å²) in [5.41, 5.74) is -2.52. The van der Waals surface area contributed by atoms with Gasteiger partial charge in [0.25, 0.3) is 0 Å². The molecule has 2 aromatic heterocycles. The number of hydrogen-bond donors (Lipinski definition) is 4. The van der Waals surface area contributed by atoms with Gasteiger partial charge in [0, 0.05) is 11.6 Å². The second-order valence-electron chi connectivity index (χ2n) is 7.47. The minimum absolute atomic E-state index is 0.0384. The van der Waals surface area contributed by atoms with Crippen LogP contribution in [0.3, 0.4) is 0 Å². The molecule has 0 unspecified atom stereocenters. The molecule has 0 spiro atoms. The molecule has 0 aliphatic rings. The van der Waals surface area contributed by atoms with E-state index in [0.717, 1.165) is 6.07 Å². The van der Waals surface area contributed by atoms with Crippen LogP contribution in [0.5, 0.6) is 23.0 Å². The molecule has 0 saturated heterocycles. The van der Waals surface area contributed by atoms with Crippen LogP contribution in [0.4, 0.5) is 0 Å². The Kier molecular flexibility index (Phi) is 4.56. The first-order chi connectivity index (χ1) is 15.9. The third kappa shape index (κ3) is 3.16. The lowest BCUT2D eigenvalue weighted by atomic mass is 9.84. The van der Waals surface area contributed by atoms with Gasteiger partial charge in [-0.2, -0.15) is 0 Å². The van der Waals surface area contributed by atoms with Gasteiger partial charge < -0.3 is 29.3 Å². The zero-order chi connectivity index (χ0) is 23.3. The largest absolute Gasteiger partial charge is 0.508 e. The molecule has 5 aromatic rings. The molecule has 4 N–H and O–H groups in total. The monoisotopic (exact) mass is 444 g/mol. The number of para-hydroxylation sites is 2. The third-order valence-corrected chi connectivity index (χ3v) is 5.54. The van der Waals surface area contributed by atoms with E-state index >= 15 is 0 Å². The first-order valence-corrected chi connectivity index (χ1v) is 9.88. The van der Waals surface area contributed by atoms with Crippen LogP contribution in [0.15, 0.2) is 85.2 Å². The number of rotatable bonds is 3. The van der Waals surface area contributed by atoms with E-state index in [1.807, 2.05) is 0 Å². The van der Waals surface area contributed by atoms with Gasteiger partial charge in [-0.05, 0) is 30.3 Å². The lowest BCUT2D eigenvalue weighted by molar-refractivity contribution is 0.431. The van der Waals surface area contributed by atoms with Gasteiger partial charge in [0.05, 0.1) is 27.8 Å². The number of aromatic hydroxyl groups is 4. The van der Waals surface area contributed by atoms with Crippen LogP contribution in [0.1, 0.15) is 22.6 Å². The van der Waals surface area contributed by atoms with E-state index in [4.69, 9.17) is 8.83 Å². The maximum Gasteiger partial charge on any atom is 0.344 e. The van der Waals surface area contributed by atoms with Crippen molar-refractivity contribution in [3.05, 3.63) is 104 Å². The minimum atomic E-state index is -1.48. The average molecular weight is 444 g/mol. The van der Waals surface area contributed by atoms with Crippen LogP contribution in [0.25, 0.3) is 21.9 Å². The van der Waals surface area contributed by atoms with Gasteiger partial charge in [0.1, 0.15) is 34.2 Å². The fraction of sp³-hybridized carbons (Fsp3) is 0.0400. The normalized spacial score (nSPS) is 11.4. The Labute approximate surface area is 184 Å². The van der Waals surface area contributed by atoms with Crippen LogP contribution in [0, 0.1) is 0 Å².